The van der Waals surface area contributed by atoms with Crippen LogP contribution in [0.5, 0.6) is 0 Å². The summed E-state index contributed by atoms with van der Waals surface area (Å²) in [5.41, 5.74) is 0.767. The fraction of sp³-hybridized carbons (Fsp3) is 0.455. The minimum atomic E-state index is -3.15. The third kappa shape index (κ3) is 6.32. The Bertz CT molecular complexity index is 462. The van der Waals surface area contributed by atoms with Crippen molar-refractivity contribution in [3.63, 3.8) is 0 Å². The maximum Gasteiger partial charge on any atom is 0.208 e. The van der Waals surface area contributed by atoms with Crippen molar-refractivity contribution in [2.45, 2.75) is 6.10 Å². The van der Waals surface area contributed by atoms with E-state index in [-0.39, 0.29) is 0 Å². The van der Waals surface area contributed by atoms with E-state index in [9.17, 15) is 13.5 Å². The smallest absolute Gasteiger partial charge is 0.208 e. The largest absolute Gasteiger partial charge is 0.387 e. The van der Waals surface area contributed by atoms with Gasteiger partial charge in [0.05, 0.1) is 12.4 Å². The van der Waals surface area contributed by atoms with Gasteiger partial charge in [0.25, 0.3) is 0 Å². The van der Waals surface area contributed by atoms with E-state index in [4.69, 9.17) is 11.6 Å². The molecule has 0 amide bonds. The van der Waals surface area contributed by atoms with Crippen LogP contribution in [0.4, 0.5) is 0 Å². The minimum Gasteiger partial charge on any atom is -0.387 e. The quantitative estimate of drug-likeness (QED) is 0.640. The molecule has 1 atom stereocenters. The summed E-state index contributed by atoms with van der Waals surface area (Å²) in [5.74, 6) is 0. The van der Waals surface area contributed by atoms with Gasteiger partial charge in [-0.05, 0) is 17.7 Å². The Hall–Kier alpha value is -0.660. The summed E-state index contributed by atoms with van der Waals surface area (Å²) in [6.45, 7) is 1.11. The highest BCUT2D eigenvalue weighted by molar-refractivity contribution is 7.88. The van der Waals surface area contributed by atoms with Crippen molar-refractivity contribution in [2.75, 3.05) is 25.9 Å². The number of rotatable bonds is 7. The van der Waals surface area contributed by atoms with Crippen LogP contribution in [0, 0.1) is 0 Å². The first-order valence-corrected chi connectivity index (χ1v) is 7.74. The van der Waals surface area contributed by atoms with Gasteiger partial charge in [-0.2, -0.15) is 0 Å². The summed E-state index contributed by atoms with van der Waals surface area (Å²) in [7, 11) is -3.15. The van der Waals surface area contributed by atoms with Crippen LogP contribution in [0.2, 0.25) is 5.02 Å². The molecule has 1 rings (SSSR count). The molecule has 0 saturated carbocycles. The Morgan fingerprint density at radius 2 is 1.89 bits per heavy atom. The normalized spacial score (nSPS) is 13.5. The molecule has 0 aromatic heterocycles. The number of hydrogen-bond donors (Lipinski definition) is 3. The van der Waals surface area contributed by atoms with Gasteiger partial charge in [-0.15, -0.1) is 0 Å². The highest BCUT2D eigenvalue weighted by Gasteiger charge is 2.06. The zero-order valence-electron chi connectivity index (χ0n) is 10.1. The van der Waals surface area contributed by atoms with Crippen LogP contribution in [0.1, 0.15) is 11.7 Å². The van der Waals surface area contributed by atoms with Gasteiger partial charge in [-0.1, -0.05) is 23.7 Å². The first kappa shape index (κ1) is 15.4. The first-order valence-electron chi connectivity index (χ1n) is 5.47. The SMILES string of the molecule is CS(=O)(=O)NCCNCC(O)c1ccc(Cl)cc1. The molecule has 0 saturated heterocycles. The number of benzene rings is 1. The highest BCUT2D eigenvalue weighted by atomic mass is 35.5. The third-order valence-corrected chi connectivity index (χ3v) is 3.24. The molecule has 0 aliphatic carbocycles. The molecule has 0 fully saturated rings. The molecule has 0 spiro atoms. The number of halogens is 1. The van der Waals surface area contributed by atoms with Crippen LogP contribution in [0.15, 0.2) is 24.3 Å². The van der Waals surface area contributed by atoms with Gasteiger partial charge in [0, 0.05) is 24.7 Å². The van der Waals surface area contributed by atoms with E-state index in [0.29, 0.717) is 24.7 Å². The van der Waals surface area contributed by atoms with Crippen LogP contribution in [-0.2, 0) is 10.0 Å². The summed E-state index contributed by atoms with van der Waals surface area (Å²) in [4.78, 5) is 0. The maximum atomic E-state index is 10.8. The summed E-state index contributed by atoms with van der Waals surface area (Å²) >= 11 is 5.74. The van der Waals surface area contributed by atoms with Crippen molar-refractivity contribution in [1.82, 2.24) is 10.0 Å². The lowest BCUT2D eigenvalue weighted by atomic mass is 10.1. The predicted octanol–water partition coefficient (Wildman–Crippen LogP) is 0.512. The Balaban J connectivity index is 2.25. The van der Waals surface area contributed by atoms with E-state index in [1.54, 1.807) is 24.3 Å². The van der Waals surface area contributed by atoms with Gasteiger partial charge in [0.15, 0.2) is 0 Å². The third-order valence-electron chi connectivity index (χ3n) is 2.26. The topological polar surface area (TPSA) is 78.4 Å². The molecule has 3 N–H and O–H groups in total. The molecule has 7 heteroatoms. The number of hydrogen-bond acceptors (Lipinski definition) is 4. The lowest BCUT2D eigenvalue weighted by molar-refractivity contribution is 0.175. The number of sulfonamides is 1. The first-order chi connectivity index (χ1) is 8.38. The van der Waals surface area contributed by atoms with Crippen molar-refractivity contribution < 1.29 is 13.5 Å². The lowest BCUT2D eigenvalue weighted by Gasteiger charge is -2.12. The molecule has 0 aliphatic heterocycles. The van der Waals surface area contributed by atoms with Crippen molar-refractivity contribution in [3.8, 4) is 0 Å². The molecule has 18 heavy (non-hydrogen) atoms. The fourth-order valence-corrected chi connectivity index (χ4v) is 1.97. The highest BCUT2D eigenvalue weighted by Crippen LogP contribution is 2.15. The van der Waals surface area contributed by atoms with Crippen molar-refractivity contribution >= 4 is 21.6 Å². The van der Waals surface area contributed by atoms with Gasteiger partial charge in [-0.3, -0.25) is 0 Å². The maximum absolute atomic E-state index is 10.8. The van der Waals surface area contributed by atoms with Gasteiger partial charge >= 0.3 is 0 Å². The summed E-state index contributed by atoms with van der Waals surface area (Å²) in [5, 5.41) is 13.4. The molecule has 1 aromatic rings. The van der Waals surface area contributed by atoms with E-state index in [1.807, 2.05) is 0 Å². The van der Waals surface area contributed by atoms with Crippen LogP contribution in [0.3, 0.4) is 0 Å². The van der Waals surface area contributed by atoms with Gasteiger partial charge < -0.3 is 10.4 Å². The molecule has 0 bridgehead atoms. The van der Waals surface area contributed by atoms with Crippen LogP contribution >= 0.6 is 11.6 Å². The molecule has 0 radical (unpaired) electrons. The lowest BCUT2D eigenvalue weighted by Crippen LogP contribution is -2.32. The van der Waals surface area contributed by atoms with E-state index < -0.39 is 16.1 Å². The predicted molar refractivity (Wildman–Crippen MR) is 72.1 cm³/mol. The number of aliphatic hydroxyl groups excluding tert-OH is 1. The van der Waals surface area contributed by atoms with E-state index in [0.717, 1.165) is 11.8 Å². The molecule has 0 heterocycles. The van der Waals surface area contributed by atoms with E-state index in [2.05, 4.69) is 10.0 Å². The fourth-order valence-electron chi connectivity index (χ4n) is 1.37. The van der Waals surface area contributed by atoms with E-state index in [1.165, 1.54) is 0 Å². The van der Waals surface area contributed by atoms with E-state index >= 15 is 0 Å². The Kier molecular flexibility index (Phi) is 6.04. The van der Waals surface area contributed by atoms with Gasteiger partial charge in [0.2, 0.25) is 10.0 Å². The summed E-state index contributed by atoms with van der Waals surface area (Å²) in [6, 6.07) is 6.93. The second kappa shape index (κ2) is 7.06. The van der Waals surface area contributed by atoms with Crippen LogP contribution < -0.4 is 10.0 Å². The van der Waals surface area contributed by atoms with Gasteiger partial charge in [-0.25, -0.2) is 13.1 Å². The Labute approximate surface area is 112 Å². The summed E-state index contributed by atoms with van der Waals surface area (Å²) < 4.78 is 23.9. The molecule has 102 valence electrons. The van der Waals surface area contributed by atoms with Crippen molar-refractivity contribution in [1.29, 1.82) is 0 Å². The Morgan fingerprint density at radius 1 is 1.28 bits per heavy atom. The minimum absolute atomic E-state index is 0.298. The average Bonchev–Trinajstić information content (AvgIpc) is 2.27. The average molecular weight is 293 g/mol. The van der Waals surface area contributed by atoms with Crippen LogP contribution in [-0.4, -0.2) is 39.4 Å². The van der Waals surface area contributed by atoms with Gasteiger partial charge in [0.1, 0.15) is 0 Å². The zero-order chi connectivity index (χ0) is 13.6. The Morgan fingerprint density at radius 3 is 2.44 bits per heavy atom. The standard InChI is InChI=1S/C11H17ClN2O3S/c1-18(16,17)14-7-6-13-8-11(15)9-2-4-10(12)5-3-9/h2-5,11,13-15H,6-8H2,1H3. The second-order valence-electron chi connectivity index (χ2n) is 3.94. The molecular formula is C11H17ClN2O3S. The van der Waals surface area contributed by atoms with Crippen molar-refractivity contribution in [2.24, 2.45) is 0 Å². The monoisotopic (exact) mass is 292 g/mol. The molecule has 0 aliphatic rings. The molecule has 1 unspecified atom stereocenters. The second-order valence-corrected chi connectivity index (χ2v) is 6.21. The number of aliphatic hydroxyl groups is 1. The number of nitrogens with one attached hydrogen (secondary N) is 2. The van der Waals surface area contributed by atoms with Crippen molar-refractivity contribution in [3.05, 3.63) is 34.9 Å². The summed E-state index contributed by atoms with van der Waals surface area (Å²) in [6.07, 6.45) is 0.468. The zero-order valence-corrected chi connectivity index (χ0v) is 11.6. The van der Waals surface area contributed by atoms with Crippen LogP contribution in [0.25, 0.3) is 0 Å². The molecule has 1 aromatic carbocycles. The molecule has 5 nitrogen and oxygen atoms in total. The molecular weight excluding hydrogens is 276 g/mol.